The van der Waals surface area contributed by atoms with Crippen LogP contribution in [0.3, 0.4) is 0 Å². The molecule has 2 aliphatic heterocycles. The van der Waals surface area contributed by atoms with Gasteiger partial charge in [-0.15, -0.1) is 12.4 Å². The minimum atomic E-state index is -0.153. The minimum absolute atomic E-state index is 0. The predicted octanol–water partition coefficient (Wildman–Crippen LogP) is 3.30. The summed E-state index contributed by atoms with van der Waals surface area (Å²) in [5, 5.41) is 10.8. The molecule has 0 bridgehead atoms. The highest BCUT2D eigenvalue weighted by Gasteiger charge is 2.25. The molecule has 0 unspecified atom stereocenters. The number of anilines is 1. The molecule has 1 amide bonds. The molecule has 1 aromatic heterocycles. The van der Waals surface area contributed by atoms with Gasteiger partial charge in [0.25, 0.3) is 5.91 Å². The van der Waals surface area contributed by atoms with Crippen LogP contribution in [-0.4, -0.2) is 53.6 Å². The van der Waals surface area contributed by atoms with Gasteiger partial charge in [-0.2, -0.15) is 0 Å². The maximum absolute atomic E-state index is 12.5. The van der Waals surface area contributed by atoms with E-state index < -0.39 is 0 Å². The number of nitrogens with one attached hydrogen (secondary N) is 3. The Hall–Kier alpha value is -2.74. The van der Waals surface area contributed by atoms with Crippen LogP contribution in [0.5, 0.6) is 0 Å². The Morgan fingerprint density at radius 3 is 2.74 bits per heavy atom. The van der Waals surface area contributed by atoms with E-state index in [1.54, 1.807) is 6.92 Å². The van der Waals surface area contributed by atoms with E-state index in [2.05, 4.69) is 21.3 Å². The van der Waals surface area contributed by atoms with Gasteiger partial charge in [-0.25, -0.2) is 0 Å². The SMILES string of the molecule is CCC(=O)C(=N)Cc1ccc2c(c1)C(=Cc1cc(CN3CCOCC3)c[nH]1)C(=O)N2.Cl. The first-order chi connectivity index (χ1) is 14.5. The predicted molar refractivity (Wildman–Crippen MR) is 124 cm³/mol. The average molecular weight is 443 g/mol. The van der Waals surface area contributed by atoms with E-state index in [-0.39, 0.29) is 36.2 Å². The maximum atomic E-state index is 12.5. The molecule has 0 spiro atoms. The summed E-state index contributed by atoms with van der Waals surface area (Å²) in [5.41, 5.74) is 5.13. The number of aromatic amines is 1. The van der Waals surface area contributed by atoms with E-state index in [9.17, 15) is 9.59 Å². The van der Waals surface area contributed by atoms with E-state index in [0.717, 1.165) is 55.4 Å². The molecule has 2 aliphatic rings. The van der Waals surface area contributed by atoms with Gasteiger partial charge in [-0.05, 0) is 35.4 Å². The number of aromatic nitrogens is 1. The Bertz CT molecular complexity index is 1020. The van der Waals surface area contributed by atoms with Crippen molar-refractivity contribution < 1.29 is 14.3 Å². The van der Waals surface area contributed by atoms with E-state index in [1.165, 1.54) is 5.56 Å². The van der Waals surface area contributed by atoms with E-state index in [1.807, 2.05) is 30.5 Å². The third kappa shape index (κ3) is 5.31. The summed E-state index contributed by atoms with van der Waals surface area (Å²) in [6, 6.07) is 7.65. The van der Waals surface area contributed by atoms with Crippen molar-refractivity contribution in [1.82, 2.24) is 9.88 Å². The Morgan fingerprint density at radius 1 is 1.23 bits per heavy atom. The van der Waals surface area contributed by atoms with Crippen LogP contribution >= 0.6 is 12.4 Å². The van der Waals surface area contributed by atoms with E-state index in [4.69, 9.17) is 10.1 Å². The van der Waals surface area contributed by atoms with Crippen LogP contribution in [0, 0.1) is 5.41 Å². The number of amides is 1. The lowest BCUT2D eigenvalue weighted by atomic mass is 9.99. The van der Waals surface area contributed by atoms with Crippen molar-refractivity contribution in [2.75, 3.05) is 31.6 Å². The molecule has 0 atom stereocenters. The molecule has 1 saturated heterocycles. The third-order valence-electron chi connectivity index (χ3n) is 5.48. The molecular formula is C23H27ClN4O3. The first kappa shape index (κ1) is 22.9. The fourth-order valence-electron chi connectivity index (χ4n) is 3.81. The van der Waals surface area contributed by atoms with Gasteiger partial charge in [0.2, 0.25) is 0 Å². The number of H-pyrrole nitrogens is 1. The standard InChI is InChI=1S/C23H26N4O3.ClH/c1-2-22(28)20(24)11-15-3-4-21-18(10-15)19(23(29)26-21)12-17-9-16(13-25-17)14-27-5-7-30-8-6-27;/h3-4,9-10,12-13,24-25H,2,5-8,11,14H2,1H3,(H,26,29);1H. The lowest BCUT2D eigenvalue weighted by Gasteiger charge is -2.25. The van der Waals surface area contributed by atoms with Crippen molar-refractivity contribution in [3.05, 3.63) is 52.8 Å². The van der Waals surface area contributed by atoms with Crippen LogP contribution in [-0.2, 0) is 27.3 Å². The number of hydrogen-bond acceptors (Lipinski definition) is 5. The van der Waals surface area contributed by atoms with Gasteiger partial charge in [0.15, 0.2) is 5.78 Å². The van der Waals surface area contributed by atoms with Crippen LogP contribution in [0.2, 0.25) is 0 Å². The highest BCUT2D eigenvalue weighted by atomic mass is 35.5. The molecule has 3 heterocycles. The first-order valence-corrected chi connectivity index (χ1v) is 10.3. The molecule has 1 fully saturated rings. The third-order valence-corrected chi connectivity index (χ3v) is 5.48. The number of halogens is 1. The summed E-state index contributed by atoms with van der Waals surface area (Å²) in [7, 11) is 0. The summed E-state index contributed by atoms with van der Waals surface area (Å²) in [4.78, 5) is 29.9. The molecule has 0 aliphatic carbocycles. The van der Waals surface area contributed by atoms with Crippen molar-refractivity contribution in [2.45, 2.75) is 26.3 Å². The molecule has 31 heavy (non-hydrogen) atoms. The summed E-state index contributed by atoms with van der Waals surface area (Å²) in [6.07, 6.45) is 4.43. The van der Waals surface area contributed by atoms with Crippen LogP contribution in [0.1, 0.15) is 35.7 Å². The van der Waals surface area contributed by atoms with Crippen molar-refractivity contribution >= 4 is 47.1 Å². The smallest absolute Gasteiger partial charge is 0.256 e. The number of benzene rings is 1. The molecule has 3 N–H and O–H groups in total. The molecule has 164 valence electrons. The van der Waals surface area contributed by atoms with E-state index in [0.29, 0.717) is 12.0 Å². The number of carbonyl (C=O) groups is 2. The van der Waals surface area contributed by atoms with Gasteiger partial charge in [0.1, 0.15) is 0 Å². The first-order valence-electron chi connectivity index (χ1n) is 10.3. The number of carbonyl (C=O) groups excluding carboxylic acids is 2. The number of rotatable bonds is 7. The zero-order valence-corrected chi connectivity index (χ0v) is 18.3. The number of ether oxygens (including phenoxy) is 1. The number of nitrogens with zero attached hydrogens (tertiary/aromatic N) is 1. The zero-order valence-electron chi connectivity index (χ0n) is 17.5. The van der Waals surface area contributed by atoms with Gasteiger partial charge in [0, 0.05) is 55.6 Å². The Kier molecular flexibility index (Phi) is 7.43. The second-order valence-corrected chi connectivity index (χ2v) is 7.68. The Labute approximate surface area is 187 Å². The van der Waals surface area contributed by atoms with E-state index >= 15 is 0 Å². The molecule has 4 rings (SSSR count). The lowest BCUT2D eigenvalue weighted by molar-refractivity contribution is -0.113. The van der Waals surface area contributed by atoms with Gasteiger partial charge < -0.3 is 20.4 Å². The minimum Gasteiger partial charge on any atom is -0.379 e. The number of fused-ring (bicyclic) bond motifs is 1. The van der Waals surface area contributed by atoms with Crippen LogP contribution in [0.4, 0.5) is 5.69 Å². The molecular weight excluding hydrogens is 416 g/mol. The van der Waals surface area contributed by atoms with Gasteiger partial charge in [0.05, 0.1) is 24.5 Å². The van der Waals surface area contributed by atoms with Crippen molar-refractivity contribution in [1.29, 1.82) is 5.41 Å². The molecule has 0 radical (unpaired) electrons. The summed E-state index contributed by atoms with van der Waals surface area (Å²) < 4.78 is 5.39. The van der Waals surface area contributed by atoms with Crippen LogP contribution in [0.15, 0.2) is 30.5 Å². The molecule has 1 aromatic carbocycles. The number of Topliss-reactive ketones (excluding diaryl/α,β-unsaturated/α-hetero) is 1. The second kappa shape index (κ2) is 10.0. The van der Waals surface area contributed by atoms with Crippen molar-refractivity contribution in [3.8, 4) is 0 Å². The average Bonchev–Trinajstić information content (AvgIpc) is 3.32. The second-order valence-electron chi connectivity index (χ2n) is 7.68. The maximum Gasteiger partial charge on any atom is 0.256 e. The van der Waals surface area contributed by atoms with Crippen molar-refractivity contribution in [2.24, 2.45) is 0 Å². The monoisotopic (exact) mass is 442 g/mol. The lowest BCUT2D eigenvalue weighted by Crippen LogP contribution is -2.35. The molecule has 0 saturated carbocycles. The van der Waals surface area contributed by atoms with Gasteiger partial charge >= 0.3 is 0 Å². The number of morpholine rings is 1. The highest BCUT2D eigenvalue weighted by molar-refractivity contribution is 6.39. The quantitative estimate of drug-likeness (QED) is 0.452. The summed E-state index contributed by atoms with van der Waals surface area (Å²) in [5.74, 6) is -0.300. The van der Waals surface area contributed by atoms with Gasteiger partial charge in [-0.3, -0.25) is 14.5 Å². The molecule has 8 heteroatoms. The Morgan fingerprint density at radius 2 is 2.00 bits per heavy atom. The number of hydrogen-bond donors (Lipinski definition) is 3. The molecule has 7 nitrogen and oxygen atoms in total. The largest absolute Gasteiger partial charge is 0.379 e. The van der Waals surface area contributed by atoms with Gasteiger partial charge in [-0.1, -0.05) is 13.0 Å². The molecule has 2 aromatic rings. The fraction of sp³-hybridized carbons (Fsp3) is 0.348. The summed E-state index contributed by atoms with van der Waals surface area (Å²) >= 11 is 0. The highest BCUT2D eigenvalue weighted by Crippen LogP contribution is 2.34. The Balaban J connectivity index is 0.00000272. The summed E-state index contributed by atoms with van der Waals surface area (Å²) in [6.45, 7) is 5.99. The van der Waals surface area contributed by atoms with Crippen LogP contribution < -0.4 is 5.32 Å². The van der Waals surface area contributed by atoms with Crippen molar-refractivity contribution in [3.63, 3.8) is 0 Å². The zero-order chi connectivity index (χ0) is 21.1. The number of ketones is 1. The fourth-order valence-corrected chi connectivity index (χ4v) is 3.81. The normalized spacial score (nSPS) is 17.2. The van der Waals surface area contributed by atoms with Crippen LogP contribution in [0.25, 0.3) is 11.6 Å². The topological polar surface area (TPSA) is 98.3 Å².